The highest BCUT2D eigenvalue weighted by atomic mass is 16.5. The number of benzene rings is 2. The van der Waals surface area contributed by atoms with Gasteiger partial charge in [0.1, 0.15) is 11.5 Å². The summed E-state index contributed by atoms with van der Waals surface area (Å²) >= 11 is 0. The van der Waals surface area contributed by atoms with Gasteiger partial charge in [-0.15, -0.1) is 0 Å². The summed E-state index contributed by atoms with van der Waals surface area (Å²) in [6.07, 6.45) is -0.409. The Hall–Kier alpha value is -3.02. The Balaban J connectivity index is 1.66. The summed E-state index contributed by atoms with van der Waals surface area (Å²) in [6, 6.07) is 13.5. The summed E-state index contributed by atoms with van der Waals surface area (Å²) < 4.78 is 5.57. The van der Waals surface area contributed by atoms with Gasteiger partial charge in [0, 0.05) is 18.7 Å². The average molecular weight is 326 g/mol. The van der Waals surface area contributed by atoms with Crippen molar-refractivity contribution in [2.75, 3.05) is 16.8 Å². The van der Waals surface area contributed by atoms with Crippen LogP contribution in [0, 0.1) is 0 Å². The van der Waals surface area contributed by atoms with E-state index >= 15 is 0 Å². The van der Waals surface area contributed by atoms with Gasteiger partial charge in [-0.2, -0.15) is 0 Å². The summed E-state index contributed by atoms with van der Waals surface area (Å²) in [5.41, 5.74) is 1.28. The third-order valence-corrected chi connectivity index (χ3v) is 3.79. The molecule has 1 unspecified atom stereocenters. The zero-order valence-corrected chi connectivity index (χ0v) is 13.2. The lowest BCUT2D eigenvalue weighted by Gasteiger charge is -2.32. The third kappa shape index (κ3) is 3.32. The van der Waals surface area contributed by atoms with Crippen molar-refractivity contribution >= 4 is 23.2 Å². The summed E-state index contributed by atoms with van der Waals surface area (Å²) in [5.74, 6) is 0.414. The molecule has 24 heavy (non-hydrogen) atoms. The van der Waals surface area contributed by atoms with Gasteiger partial charge in [0.2, 0.25) is 5.91 Å². The summed E-state index contributed by atoms with van der Waals surface area (Å²) in [7, 11) is 0. The van der Waals surface area contributed by atoms with E-state index in [-0.39, 0.29) is 30.5 Å². The average Bonchev–Trinajstić information content (AvgIpc) is 2.57. The van der Waals surface area contributed by atoms with Crippen LogP contribution in [0.15, 0.2) is 48.5 Å². The zero-order valence-electron chi connectivity index (χ0n) is 13.2. The van der Waals surface area contributed by atoms with Crippen LogP contribution in [0.25, 0.3) is 0 Å². The number of fused-ring (bicyclic) bond motifs is 1. The minimum absolute atomic E-state index is 0.137. The van der Waals surface area contributed by atoms with Gasteiger partial charge in [-0.3, -0.25) is 9.59 Å². The molecule has 0 spiro atoms. The highest BCUT2D eigenvalue weighted by Crippen LogP contribution is 2.33. The molecule has 1 aliphatic heterocycles. The minimum atomic E-state index is -0.569. The first-order valence-corrected chi connectivity index (χ1v) is 7.70. The van der Waals surface area contributed by atoms with Crippen LogP contribution >= 0.6 is 0 Å². The van der Waals surface area contributed by atoms with Gasteiger partial charge in [0.25, 0.3) is 5.91 Å². The smallest absolute Gasteiger partial charge is 0.267 e. The lowest BCUT2D eigenvalue weighted by molar-refractivity contribution is -0.125. The van der Waals surface area contributed by atoms with Crippen LogP contribution < -0.4 is 15.0 Å². The van der Waals surface area contributed by atoms with Gasteiger partial charge in [-0.1, -0.05) is 12.1 Å². The molecule has 6 heteroatoms. The van der Waals surface area contributed by atoms with Gasteiger partial charge in [-0.05, 0) is 43.3 Å². The van der Waals surface area contributed by atoms with E-state index in [1.165, 1.54) is 12.1 Å². The second-order valence-electron chi connectivity index (χ2n) is 5.56. The number of hydrogen-bond acceptors (Lipinski definition) is 4. The number of phenolic OH excluding ortho intramolecular Hbond substituents is 1. The number of carbonyl (C=O) groups excluding carboxylic acids is 2. The molecule has 0 saturated heterocycles. The maximum Gasteiger partial charge on any atom is 0.267 e. The summed E-state index contributed by atoms with van der Waals surface area (Å²) in [4.78, 5) is 26.0. The molecule has 0 radical (unpaired) electrons. The fraction of sp³-hybridized carbons (Fsp3) is 0.222. The van der Waals surface area contributed by atoms with Crippen LogP contribution in [-0.4, -0.2) is 29.6 Å². The Kier molecular flexibility index (Phi) is 4.37. The molecule has 1 aliphatic rings. The molecular formula is C18H18N2O4. The topological polar surface area (TPSA) is 78.9 Å². The number of carbonyl (C=O) groups is 2. The van der Waals surface area contributed by atoms with Gasteiger partial charge in [0.15, 0.2) is 6.10 Å². The fourth-order valence-corrected chi connectivity index (χ4v) is 2.57. The van der Waals surface area contributed by atoms with E-state index in [4.69, 9.17) is 4.74 Å². The first kappa shape index (κ1) is 15.9. The largest absolute Gasteiger partial charge is 0.508 e. The Labute approximate surface area is 139 Å². The summed E-state index contributed by atoms with van der Waals surface area (Å²) in [5, 5.41) is 12.0. The van der Waals surface area contributed by atoms with E-state index in [1.807, 2.05) is 18.2 Å². The SMILES string of the molecule is CC1Oc2ccccc2N(CCC(=O)Nc2ccc(O)cc2)C1=O. The Morgan fingerprint density at radius 1 is 1.21 bits per heavy atom. The van der Waals surface area contributed by atoms with Crippen LogP contribution in [0.4, 0.5) is 11.4 Å². The predicted molar refractivity (Wildman–Crippen MR) is 90.2 cm³/mol. The molecule has 0 bridgehead atoms. The first-order valence-electron chi connectivity index (χ1n) is 7.70. The number of amides is 2. The van der Waals surface area contributed by atoms with Crippen LogP contribution in [0.1, 0.15) is 13.3 Å². The van der Waals surface area contributed by atoms with Crippen molar-refractivity contribution in [1.82, 2.24) is 0 Å². The van der Waals surface area contributed by atoms with E-state index in [1.54, 1.807) is 30.0 Å². The molecule has 1 heterocycles. The van der Waals surface area contributed by atoms with Gasteiger partial charge >= 0.3 is 0 Å². The molecule has 2 amide bonds. The quantitative estimate of drug-likeness (QED) is 0.846. The fourth-order valence-electron chi connectivity index (χ4n) is 2.57. The van der Waals surface area contributed by atoms with E-state index in [2.05, 4.69) is 5.32 Å². The molecule has 2 aromatic rings. The number of para-hydroxylation sites is 2. The molecule has 1 atom stereocenters. The van der Waals surface area contributed by atoms with Crippen molar-refractivity contribution in [3.05, 3.63) is 48.5 Å². The molecule has 124 valence electrons. The van der Waals surface area contributed by atoms with Crippen molar-refractivity contribution in [3.63, 3.8) is 0 Å². The molecule has 0 saturated carbocycles. The number of phenols is 1. The molecule has 6 nitrogen and oxygen atoms in total. The highest BCUT2D eigenvalue weighted by molar-refractivity contribution is 6.00. The van der Waals surface area contributed by atoms with Gasteiger partial charge in [0.05, 0.1) is 5.69 Å². The van der Waals surface area contributed by atoms with E-state index in [0.717, 1.165) is 0 Å². The highest BCUT2D eigenvalue weighted by Gasteiger charge is 2.31. The second kappa shape index (κ2) is 6.62. The minimum Gasteiger partial charge on any atom is -0.508 e. The molecular weight excluding hydrogens is 308 g/mol. The van der Waals surface area contributed by atoms with E-state index in [0.29, 0.717) is 17.1 Å². The number of hydrogen-bond donors (Lipinski definition) is 2. The van der Waals surface area contributed by atoms with Crippen molar-refractivity contribution in [2.45, 2.75) is 19.4 Å². The maximum atomic E-state index is 12.3. The molecule has 2 aromatic carbocycles. The lowest BCUT2D eigenvalue weighted by Crippen LogP contribution is -2.45. The third-order valence-electron chi connectivity index (χ3n) is 3.79. The van der Waals surface area contributed by atoms with Crippen molar-refractivity contribution in [1.29, 1.82) is 0 Å². The monoisotopic (exact) mass is 326 g/mol. The van der Waals surface area contributed by atoms with E-state index < -0.39 is 6.10 Å². The van der Waals surface area contributed by atoms with Crippen LogP contribution in [0.3, 0.4) is 0 Å². The Morgan fingerprint density at radius 2 is 1.92 bits per heavy atom. The Morgan fingerprint density at radius 3 is 2.67 bits per heavy atom. The number of rotatable bonds is 4. The van der Waals surface area contributed by atoms with Crippen LogP contribution in [-0.2, 0) is 9.59 Å². The van der Waals surface area contributed by atoms with E-state index in [9.17, 15) is 14.7 Å². The molecule has 3 rings (SSSR count). The summed E-state index contributed by atoms with van der Waals surface area (Å²) in [6.45, 7) is 1.97. The molecule has 0 aromatic heterocycles. The lowest BCUT2D eigenvalue weighted by atomic mass is 10.1. The number of nitrogens with one attached hydrogen (secondary N) is 1. The maximum absolute atomic E-state index is 12.3. The van der Waals surface area contributed by atoms with Gasteiger partial charge in [-0.25, -0.2) is 0 Å². The normalized spacial score (nSPS) is 16.3. The number of nitrogens with zero attached hydrogens (tertiary/aromatic N) is 1. The zero-order chi connectivity index (χ0) is 17.1. The van der Waals surface area contributed by atoms with Crippen LogP contribution in [0.5, 0.6) is 11.5 Å². The number of anilines is 2. The molecule has 2 N–H and O–H groups in total. The number of ether oxygens (including phenoxy) is 1. The van der Waals surface area contributed by atoms with Crippen LogP contribution in [0.2, 0.25) is 0 Å². The molecule has 0 aliphatic carbocycles. The number of aromatic hydroxyl groups is 1. The standard InChI is InChI=1S/C18H18N2O4/c1-12-18(23)20(15-4-2-3-5-16(15)24-12)11-10-17(22)19-13-6-8-14(21)9-7-13/h2-9,12,21H,10-11H2,1H3,(H,19,22). The van der Waals surface area contributed by atoms with Crippen molar-refractivity contribution in [3.8, 4) is 11.5 Å². The second-order valence-corrected chi connectivity index (χ2v) is 5.56. The predicted octanol–water partition coefficient (Wildman–Crippen LogP) is 2.53. The first-order chi connectivity index (χ1) is 11.5. The van der Waals surface area contributed by atoms with Crippen molar-refractivity contribution < 1.29 is 19.4 Å². The van der Waals surface area contributed by atoms with Crippen molar-refractivity contribution in [2.24, 2.45) is 0 Å². The Bertz CT molecular complexity index is 758. The molecule has 0 fully saturated rings. The van der Waals surface area contributed by atoms with Gasteiger partial charge < -0.3 is 20.1 Å².